The van der Waals surface area contributed by atoms with E-state index in [0.717, 1.165) is 12.8 Å². The first kappa shape index (κ1) is 16.1. The van der Waals surface area contributed by atoms with Crippen molar-refractivity contribution in [2.75, 3.05) is 19.5 Å². The summed E-state index contributed by atoms with van der Waals surface area (Å²) < 4.78 is 10.4. The number of anilines is 1. The zero-order valence-electron chi connectivity index (χ0n) is 13.2. The second-order valence-electron chi connectivity index (χ2n) is 5.61. The van der Waals surface area contributed by atoms with Gasteiger partial charge >= 0.3 is 0 Å². The van der Waals surface area contributed by atoms with Crippen molar-refractivity contribution in [3.8, 4) is 11.5 Å². The van der Waals surface area contributed by atoms with Crippen LogP contribution >= 0.6 is 0 Å². The van der Waals surface area contributed by atoms with Crippen molar-refractivity contribution in [1.82, 2.24) is 5.32 Å². The van der Waals surface area contributed by atoms with Gasteiger partial charge < -0.3 is 20.1 Å². The van der Waals surface area contributed by atoms with Crippen molar-refractivity contribution >= 4 is 17.5 Å². The van der Waals surface area contributed by atoms with Gasteiger partial charge in [-0.15, -0.1) is 0 Å². The maximum absolute atomic E-state index is 12.6. The van der Waals surface area contributed by atoms with E-state index in [4.69, 9.17) is 9.47 Å². The average Bonchev–Trinajstić information content (AvgIpc) is 2.69. The van der Waals surface area contributed by atoms with Gasteiger partial charge in [0.2, 0.25) is 11.8 Å². The number of ether oxygens (including phenoxy) is 2. The zero-order valence-corrected chi connectivity index (χ0v) is 13.2. The first-order valence-corrected chi connectivity index (χ1v) is 7.33. The first-order valence-electron chi connectivity index (χ1n) is 7.33. The highest BCUT2D eigenvalue weighted by Crippen LogP contribution is 2.30. The molecule has 0 radical (unpaired) electrons. The molecule has 6 nitrogen and oxygen atoms in total. The molecule has 1 aromatic carbocycles. The van der Waals surface area contributed by atoms with Crippen molar-refractivity contribution in [3.63, 3.8) is 0 Å². The van der Waals surface area contributed by atoms with Gasteiger partial charge in [0.25, 0.3) is 0 Å². The van der Waals surface area contributed by atoms with Crippen LogP contribution in [0.15, 0.2) is 18.2 Å². The van der Waals surface area contributed by atoms with Crippen molar-refractivity contribution in [1.29, 1.82) is 0 Å². The molecule has 1 unspecified atom stereocenters. The molecule has 1 heterocycles. The molecule has 1 aromatic rings. The Kier molecular flexibility index (Phi) is 4.90. The van der Waals surface area contributed by atoms with Crippen molar-refractivity contribution in [3.05, 3.63) is 18.2 Å². The summed E-state index contributed by atoms with van der Waals surface area (Å²) in [4.78, 5) is 24.3. The maximum atomic E-state index is 12.6. The second kappa shape index (κ2) is 6.68. The summed E-state index contributed by atoms with van der Waals surface area (Å²) in [6.45, 7) is 1.75. The molecule has 0 bridgehead atoms. The molecule has 0 saturated carbocycles. The van der Waals surface area contributed by atoms with Crippen LogP contribution in [0.3, 0.4) is 0 Å². The number of methoxy groups -OCH3 is 2. The Morgan fingerprint density at radius 2 is 2.05 bits per heavy atom. The Labute approximate surface area is 130 Å². The van der Waals surface area contributed by atoms with Crippen LogP contribution in [0, 0.1) is 0 Å². The summed E-state index contributed by atoms with van der Waals surface area (Å²) in [6, 6.07) is 5.16. The molecule has 0 aromatic heterocycles. The highest BCUT2D eigenvalue weighted by molar-refractivity contribution is 6.01. The van der Waals surface area contributed by atoms with Crippen LogP contribution in [0.2, 0.25) is 0 Å². The molecular formula is C16H22N2O4. The summed E-state index contributed by atoms with van der Waals surface area (Å²) in [6.07, 6.45) is 2.72. The number of benzene rings is 1. The zero-order chi connectivity index (χ0) is 16.2. The SMILES string of the molecule is COc1ccc(NC(=O)C2(C)CCCCC(=O)N2)c(OC)c1. The number of amides is 2. The Balaban J connectivity index is 2.18. The summed E-state index contributed by atoms with van der Waals surface area (Å²) in [5.41, 5.74) is -0.355. The van der Waals surface area contributed by atoms with Crippen LogP contribution in [-0.2, 0) is 9.59 Å². The quantitative estimate of drug-likeness (QED) is 0.893. The molecule has 1 saturated heterocycles. The van der Waals surface area contributed by atoms with Gasteiger partial charge in [-0.2, -0.15) is 0 Å². The largest absolute Gasteiger partial charge is 0.497 e. The molecule has 22 heavy (non-hydrogen) atoms. The average molecular weight is 306 g/mol. The van der Waals surface area contributed by atoms with E-state index in [1.54, 1.807) is 32.2 Å². The maximum Gasteiger partial charge on any atom is 0.249 e. The molecule has 1 aliphatic heterocycles. The normalized spacial score (nSPS) is 21.5. The Bertz CT molecular complexity index is 573. The Morgan fingerprint density at radius 1 is 1.27 bits per heavy atom. The second-order valence-corrected chi connectivity index (χ2v) is 5.61. The summed E-state index contributed by atoms with van der Waals surface area (Å²) in [5.74, 6) is 0.822. The van der Waals surface area contributed by atoms with Gasteiger partial charge in [-0.25, -0.2) is 0 Å². The fourth-order valence-corrected chi connectivity index (χ4v) is 2.53. The van der Waals surface area contributed by atoms with Gasteiger partial charge in [-0.05, 0) is 31.9 Å². The summed E-state index contributed by atoms with van der Waals surface area (Å²) in [5, 5.41) is 5.66. The molecule has 2 rings (SSSR count). The lowest BCUT2D eigenvalue weighted by molar-refractivity contribution is -0.129. The molecule has 2 amide bonds. The van der Waals surface area contributed by atoms with E-state index >= 15 is 0 Å². The van der Waals surface area contributed by atoms with Crippen LogP contribution in [0.5, 0.6) is 11.5 Å². The van der Waals surface area contributed by atoms with E-state index < -0.39 is 5.54 Å². The summed E-state index contributed by atoms with van der Waals surface area (Å²) >= 11 is 0. The van der Waals surface area contributed by atoms with Gasteiger partial charge in [-0.3, -0.25) is 9.59 Å². The number of nitrogens with one attached hydrogen (secondary N) is 2. The number of carbonyl (C=O) groups is 2. The number of hydrogen-bond donors (Lipinski definition) is 2. The van der Waals surface area contributed by atoms with E-state index in [1.807, 2.05) is 0 Å². The number of hydrogen-bond acceptors (Lipinski definition) is 4. The monoisotopic (exact) mass is 306 g/mol. The Hall–Kier alpha value is -2.24. The lowest BCUT2D eigenvalue weighted by Crippen LogP contribution is -2.53. The highest BCUT2D eigenvalue weighted by atomic mass is 16.5. The topological polar surface area (TPSA) is 76.7 Å². The van der Waals surface area contributed by atoms with Gasteiger partial charge in [0.1, 0.15) is 17.0 Å². The van der Waals surface area contributed by atoms with Gasteiger partial charge in [0, 0.05) is 12.5 Å². The third-order valence-corrected chi connectivity index (χ3v) is 3.90. The van der Waals surface area contributed by atoms with Crippen molar-refractivity contribution in [2.24, 2.45) is 0 Å². The van der Waals surface area contributed by atoms with Gasteiger partial charge in [-0.1, -0.05) is 6.42 Å². The molecule has 0 spiro atoms. The predicted molar refractivity (Wildman–Crippen MR) is 83.2 cm³/mol. The van der Waals surface area contributed by atoms with Gasteiger partial charge in [0.05, 0.1) is 19.9 Å². The molecule has 2 N–H and O–H groups in total. The fraction of sp³-hybridized carbons (Fsp3) is 0.500. The number of rotatable bonds is 4. The fourth-order valence-electron chi connectivity index (χ4n) is 2.53. The lowest BCUT2D eigenvalue weighted by atomic mass is 9.95. The van der Waals surface area contributed by atoms with Crippen LogP contribution in [0.25, 0.3) is 0 Å². The molecular weight excluding hydrogens is 284 g/mol. The van der Waals surface area contributed by atoms with E-state index in [2.05, 4.69) is 10.6 Å². The highest BCUT2D eigenvalue weighted by Gasteiger charge is 2.36. The molecule has 1 fully saturated rings. The van der Waals surface area contributed by atoms with Gasteiger partial charge in [0.15, 0.2) is 0 Å². The molecule has 1 atom stereocenters. The predicted octanol–water partition coefficient (Wildman–Crippen LogP) is 2.09. The third kappa shape index (κ3) is 3.50. The smallest absolute Gasteiger partial charge is 0.249 e. The number of carbonyl (C=O) groups excluding carboxylic acids is 2. The van der Waals surface area contributed by atoms with E-state index in [9.17, 15) is 9.59 Å². The standard InChI is InChI=1S/C16H22N2O4/c1-16(9-5-4-6-14(19)18-16)15(20)17-12-8-7-11(21-2)10-13(12)22-3/h7-8,10H,4-6,9H2,1-3H3,(H,17,20)(H,18,19). The van der Waals surface area contributed by atoms with Crippen LogP contribution < -0.4 is 20.1 Å². The minimum atomic E-state index is -0.904. The van der Waals surface area contributed by atoms with Crippen molar-refractivity contribution < 1.29 is 19.1 Å². The third-order valence-electron chi connectivity index (χ3n) is 3.90. The molecule has 120 valence electrons. The lowest BCUT2D eigenvalue weighted by Gasteiger charge is -2.28. The Morgan fingerprint density at radius 3 is 2.73 bits per heavy atom. The minimum Gasteiger partial charge on any atom is -0.497 e. The van der Waals surface area contributed by atoms with Crippen LogP contribution in [0.1, 0.15) is 32.6 Å². The van der Waals surface area contributed by atoms with E-state index in [1.165, 1.54) is 7.11 Å². The first-order chi connectivity index (χ1) is 10.5. The van der Waals surface area contributed by atoms with Crippen molar-refractivity contribution in [2.45, 2.75) is 38.1 Å². The minimum absolute atomic E-state index is 0.0863. The summed E-state index contributed by atoms with van der Waals surface area (Å²) in [7, 11) is 3.09. The van der Waals surface area contributed by atoms with E-state index in [-0.39, 0.29) is 11.8 Å². The molecule has 1 aliphatic rings. The van der Waals surface area contributed by atoms with Crippen LogP contribution in [-0.4, -0.2) is 31.6 Å². The van der Waals surface area contributed by atoms with Crippen LogP contribution in [0.4, 0.5) is 5.69 Å². The molecule has 0 aliphatic carbocycles. The molecule has 6 heteroatoms. The van der Waals surface area contributed by atoms with E-state index in [0.29, 0.717) is 30.0 Å².